The van der Waals surface area contributed by atoms with Crippen molar-refractivity contribution in [2.45, 2.75) is 250 Å². The van der Waals surface area contributed by atoms with Crippen LogP contribution in [-0.2, 0) is 33.3 Å². The molecule has 324 valence electrons. The summed E-state index contributed by atoms with van der Waals surface area (Å²) in [6.07, 6.45) is 33.3. The summed E-state index contributed by atoms with van der Waals surface area (Å²) in [5.74, 6) is -1.29. The van der Waals surface area contributed by atoms with Gasteiger partial charge in [-0.05, 0) is 26.9 Å². The molecule has 1 N–H and O–H groups in total. The van der Waals surface area contributed by atoms with E-state index < -0.39 is 42.5 Å². The first-order valence-corrected chi connectivity index (χ1v) is 23.3. The average Bonchev–Trinajstić information content (AvgIpc) is 3.45. The number of hydrogen-bond donors (Lipinski definition) is 1. The number of esters is 3. The van der Waals surface area contributed by atoms with E-state index in [9.17, 15) is 19.5 Å². The Bertz CT molecular complexity index is 914. The number of ether oxygens (including phenoxy) is 4. The van der Waals surface area contributed by atoms with Crippen molar-refractivity contribution in [1.82, 2.24) is 4.90 Å². The van der Waals surface area contributed by atoms with Gasteiger partial charge in [0.25, 0.3) is 0 Å². The van der Waals surface area contributed by atoms with E-state index >= 15 is 0 Å². The molecule has 55 heavy (non-hydrogen) atoms. The Kier molecular flexibility index (Phi) is 34.2. The number of hydrogen-bond acceptors (Lipinski definition) is 9. The molecule has 1 saturated heterocycles. The maximum Gasteiger partial charge on any atom is 0.307 e. The molecule has 0 aromatic heterocycles. The first kappa shape index (κ1) is 51.3. The average molecular weight is 782 g/mol. The highest BCUT2D eigenvalue weighted by molar-refractivity contribution is 5.71. The number of rotatable bonds is 39. The number of carbonyl (C=O) groups is 3. The lowest BCUT2D eigenvalue weighted by atomic mass is 10.0. The highest BCUT2D eigenvalue weighted by Gasteiger charge is 2.49. The zero-order valence-corrected chi connectivity index (χ0v) is 36.3. The summed E-state index contributed by atoms with van der Waals surface area (Å²) in [6, 6.07) is 0. The van der Waals surface area contributed by atoms with Crippen molar-refractivity contribution in [3.8, 4) is 0 Å². The Labute approximate surface area is 338 Å². The molecule has 0 amide bonds. The second-order valence-corrected chi connectivity index (χ2v) is 16.6. The lowest BCUT2D eigenvalue weighted by molar-refractivity contribution is -0.177. The van der Waals surface area contributed by atoms with Crippen LogP contribution in [0.4, 0.5) is 0 Å². The summed E-state index contributed by atoms with van der Waals surface area (Å²) >= 11 is 0. The molecule has 1 fully saturated rings. The van der Waals surface area contributed by atoms with Gasteiger partial charge in [-0.1, -0.05) is 194 Å². The zero-order chi connectivity index (χ0) is 40.2. The largest absolute Gasteiger partial charge is 0.463 e. The Morgan fingerprint density at radius 2 is 0.800 bits per heavy atom. The van der Waals surface area contributed by atoms with Gasteiger partial charge in [-0.15, -0.1) is 0 Å². The van der Waals surface area contributed by atoms with E-state index in [1.165, 1.54) is 154 Å². The van der Waals surface area contributed by atoms with Gasteiger partial charge in [0.1, 0.15) is 12.7 Å². The van der Waals surface area contributed by atoms with Crippen molar-refractivity contribution in [2.75, 3.05) is 27.2 Å². The summed E-state index contributed by atoms with van der Waals surface area (Å²) < 4.78 is 22.5. The van der Waals surface area contributed by atoms with Crippen LogP contribution >= 0.6 is 0 Å². The third-order valence-corrected chi connectivity index (χ3v) is 11.0. The van der Waals surface area contributed by atoms with Crippen LogP contribution in [0.25, 0.3) is 0 Å². The van der Waals surface area contributed by atoms with Gasteiger partial charge in [0.2, 0.25) is 0 Å². The third kappa shape index (κ3) is 30.1. The third-order valence-electron chi connectivity index (χ3n) is 11.0. The number of nitrogens with zero attached hydrogens (tertiary/aromatic N) is 1. The first-order chi connectivity index (χ1) is 26.8. The number of aliphatic hydroxyl groups excluding tert-OH is 1. The minimum Gasteiger partial charge on any atom is -0.463 e. The SMILES string of the molecule is CCCCCCCCCCCCCCCCCC(=O)O[C@@H]1[C@H](OC(=O)CCCCCCCCCCCCCCCCC)[C@H](O)O[C@@H]1COC(=O)CCN(C)C. The van der Waals surface area contributed by atoms with Crippen LogP contribution in [0.5, 0.6) is 0 Å². The monoisotopic (exact) mass is 782 g/mol. The Morgan fingerprint density at radius 1 is 0.473 bits per heavy atom. The molecule has 9 nitrogen and oxygen atoms in total. The highest BCUT2D eigenvalue weighted by Crippen LogP contribution is 2.28. The van der Waals surface area contributed by atoms with Crippen molar-refractivity contribution in [3.05, 3.63) is 0 Å². The summed E-state index contributed by atoms with van der Waals surface area (Å²) in [4.78, 5) is 40.0. The molecule has 0 aromatic rings. The summed E-state index contributed by atoms with van der Waals surface area (Å²) in [5, 5.41) is 10.7. The highest BCUT2D eigenvalue weighted by atomic mass is 16.7. The van der Waals surface area contributed by atoms with Gasteiger partial charge < -0.3 is 29.0 Å². The van der Waals surface area contributed by atoms with Crippen molar-refractivity contribution < 1.29 is 38.4 Å². The molecule has 1 heterocycles. The number of unbranched alkanes of at least 4 members (excludes halogenated alkanes) is 28. The molecule has 0 unspecified atom stereocenters. The van der Waals surface area contributed by atoms with Crippen LogP contribution in [0.1, 0.15) is 226 Å². The Hall–Kier alpha value is -1.71. The Morgan fingerprint density at radius 3 is 1.15 bits per heavy atom. The fourth-order valence-electron chi connectivity index (χ4n) is 7.37. The summed E-state index contributed by atoms with van der Waals surface area (Å²) in [6.45, 7) is 4.85. The van der Waals surface area contributed by atoms with Gasteiger partial charge in [0.05, 0.1) is 6.42 Å². The fourth-order valence-corrected chi connectivity index (χ4v) is 7.37. The molecule has 0 saturated carbocycles. The van der Waals surface area contributed by atoms with E-state index in [2.05, 4.69) is 13.8 Å². The van der Waals surface area contributed by atoms with Gasteiger partial charge in [0.15, 0.2) is 18.5 Å². The van der Waals surface area contributed by atoms with Gasteiger partial charge in [-0.3, -0.25) is 14.4 Å². The van der Waals surface area contributed by atoms with E-state index in [-0.39, 0.29) is 25.9 Å². The molecule has 1 aliphatic heterocycles. The van der Waals surface area contributed by atoms with Crippen molar-refractivity contribution >= 4 is 17.9 Å². The lowest BCUT2D eigenvalue weighted by Gasteiger charge is -2.23. The summed E-state index contributed by atoms with van der Waals surface area (Å²) in [5.41, 5.74) is 0. The molecule has 0 radical (unpaired) electrons. The molecule has 9 heteroatoms. The van der Waals surface area contributed by atoms with Crippen LogP contribution in [0.3, 0.4) is 0 Å². The molecular weight excluding hydrogens is 695 g/mol. The molecule has 0 aromatic carbocycles. The minimum atomic E-state index is -1.47. The molecular formula is C46H87NO8. The van der Waals surface area contributed by atoms with Gasteiger partial charge in [-0.2, -0.15) is 0 Å². The van der Waals surface area contributed by atoms with Crippen molar-refractivity contribution in [2.24, 2.45) is 0 Å². The molecule has 0 spiro atoms. The van der Waals surface area contributed by atoms with E-state index in [1.807, 2.05) is 19.0 Å². The van der Waals surface area contributed by atoms with Crippen LogP contribution < -0.4 is 0 Å². The first-order valence-electron chi connectivity index (χ1n) is 23.3. The standard InChI is InChI=1S/C46H87NO8/c1-5-7-9-11-13-15-17-19-21-23-25-27-29-31-33-35-42(49)54-44-40(39-52-41(48)37-38-47(3)4)53-46(51)45(44)55-43(50)36-34-32-30-28-26-24-22-20-18-16-14-12-10-8-6-2/h40,44-46,51H,5-39H2,1-4H3/t40-,44+,45+,46-/m1/s1. The smallest absolute Gasteiger partial charge is 0.307 e. The minimum absolute atomic E-state index is 0.198. The van der Waals surface area contributed by atoms with Crippen LogP contribution in [0, 0.1) is 0 Å². The van der Waals surface area contributed by atoms with E-state index in [0.29, 0.717) is 19.4 Å². The molecule has 1 rings (SSSR count). The molecule has 4 atom stereocenters. The normalized spacial score (nSPS) is 18.2. The van der Waals surface area contributed by atoms with E-state index in [4.69, 9.17) is 18.9 Å². The van der Waals surface area contributed by atoms with Crippen LogP contribution in [-0.4, -0.2) is 79.8 Å². The maximum absolute atomic E-state index is 12.9. The Balaban J connectivity index is 2.35. The predicted octanol–water partition coefficient (Wildman–Crippen LogP) is 11.5. The van der Waals surface area contributed by atoms with Gasteiger partial charge >= 0.3 is 17.9 Å². The lowest BCUT2D eigenvalue weighted by Crippen LogP contribution is -2.42. The fraction of sp³-hybridized carbons (Fsp3) is 0.935. The maximum atomic E-state index is 12.9. The summed E-state index contributed by atoms with van der Waals surface area (Å²) in [7, 11) is 3.74. The van der Waals surface area contributed by atoms with E-state index in [1.54, 1.807) is 0 Å². The van der Waals surface area contributed by atoms with Crippen LogP contribution in [0.15, 0.2) is 0 Å². The van der Waals surface area contributed by atoms with Crippen LogP contribution in [0.2, 0.25) is 0 Å². The topological polar surface area (TPSA) is 112 Å². The van der Waals surface area contributed by atoms with Gasteiger partial charge in [0, 0.05) is 19.4 Å². The van der Waals surface area contributed by atoms with Crippen molar-refractivity contribution in [3.63, 3.8) is 0 Å². The second kappa shape index (κ2) is 36.6. The second-order valence-electron chi connectivity index (χ2n) is 16.6. The van der Waals surface area contributed by atoms with Crippen molar-refractivity contribution in [1.29, 1.82) is 0 Å². The molecule has 0 bridgehead atoms. The zero-order valence-electron chi connectivity index (χ0n) is 36.3. The molecule has 1 aliphatic rings. The molecule has 0 aliphatic carbocycles. The predicted molar refractivity (Wildman–Crippen MR) is 224 cm³/mol. The van der Waals surface area contributed by atoms with E-state index in [0.717, 1.165) is 25.7 Å². The van der Waals surface area contributed by atoms with Gasteiger partial charge in [-0.25, -0.2) is 0 Å². The number of aliphatic hydroxyl groups is 1. The quantitative estimate of drug-likeness (QED) is 0.0370. The number of carbonyl (C=O) groups excluding carboxylic acids is 3.